The fourth-order valence-corrected chi connectivity index (χ4v) is 5.41. The van der Waals surface area contributed by atoms with Crippen LogP contribution in [0.5, 0.6) is 0 Å². The Labute approximate surface area is 154 Å². The van der Waals surface area contributed by atoms with E-state index < -0.39 is 0 Å². The molecule has 0 unspecified atom stereocenters. The molecule has 0 spiro atoms. The van der Waals surface area contributed by atoms with Crippen molar-refractivity contribution in [1.82, 2.24) is 0 Å². The van der Waals surface area contributed by atoms with Crippen molar-refractivity contribution in [1.29, 1.82) is 0 Å². The maximum Gasteiger partial charge on any atom is 0.123 e. The number of halogens is 1. The summed E-state index contributed by atoms with van der Waals surface area (Å²) in [5.74, 6) is 3.89. The quantitative estimate of drug-likeness (QED) is 0.478. The lowest BCUT2D eigenvalue weighted by molar-refractivity contribution is 0.140. The number of aryl methyl sites for hydroxylation is 1. The summed E-state index contributed by atoms with van der Waals surface area (Å²) in [6, 6.07) is 7.11. The molecule has 0 aliphatic heterocycles. The zero-order valence-electron chi connectivity index (χ0n) is 16.2. The number of hydrogen-bond donors (Lipinski definition) is 0. The molecule has 0 N–H and O–H groups in total. The molecule has 2 aliphatic carbocycles. The van der Waals surface area contributed by atoms with Crippen molar-refractivity contribution in [2.24, 2.45) is 23.7 Å². The van der Waals surface area contributed by atoms with Gasteiger partial charge in [0.25, 0.3) is 0 Å². The number of unbranched alkanes of at least 4 members (excludes halogenated alkanes) is 1. The molecule has 0 saturated heterocycles. The van der Waals surface area contributed by atoms with Crippen LogP contribution in [0, 0.1) is 29.5 Å². The molecular formula is C24H37F. The van der Waals surface area contributed by atoms with E-state index >= 15 is 0 Å². The van der Waals surface area contributed by atoms with Crippen LogP contribution in [-0.2, 0) is 6.42 Å². The molecule has 2 saturated carbocycles. The van der Waals surface area contributed by atoms with Crippen LogP contribution in [-0.4, -0.2) is 0 Å². The van der Waals surface area contributed by atoms with Crippen molar-refractivity contribution in [2.75, 3.05) is 0 Å². The van der Waals surface area contributed by atoms with Gasteiger partial charge in [-0.1, -0.05) is 64.0 Å². The smallest absolute Gasteiger partial charge is 0.123 e. The standard InChI is InChI=1S/C24H37F/c1-2-3-4-19-7-13-22(14-8-19)23-15-9-20(10-16-23)5-6-21-11-17-24(25)18-12-21/h11-12,17-20,22-23H,2-10,13-16H2,1H3. The van der Waals surface area contributed by atoms with E-state index in [1.165, 1.54) is 82.6 Å². The highest BCUT2D eigenvalue weighted by Crippen LogP contribution is 2.43. The summed E-state index contributed by atoms with van der Waals surface area (Å²) in [5, 5.41) is 0. The molecule has 1 heteroatoms. The molecule has 25 heavy (non-hydrogen) atoms. The third-order valence-electron chi connectivity index (χ3n) is 7.17. The molecule has 0 nitrogen and oxygen atoms in total. The average molecular weight is 345 g/mol. The molecule has 0 amide bonds. The first-order valence-corrected chi connectivity index (χ1v) is 11.0. The predicted molar refractivity (Wildman–Crippen MR) is 105 cm³/mol. The Balaban J connectivity index is 1.34. The van der Waals surface area contributed by atoms with Gasteiger partial charge in [-0.15, -0.1) is 0 Å². The lowest BCUT2D eigenvalue weighted by atomic mass is 9.68. The van der Waals surface area contributed by atoms with Gasteiger partial charge in [-0.3, -0.25) is 0 Å². The van der Waals surface area contributed by atoms with Crippen molar-refractivity contribution in [3.05, 3.63) is 35.6 Å². The van der Waals surface area contributed by atoms with E-state index in [-0.39, 0.29) is 5.82 Å². The number of hydrogen-bond acceptors (Lipinski definition) is 0. The third-order valence-corrected chi connectivity index (χ3v) is 7.17. The molecule has 1 aromatic rings. The SMILES string of the molecule is CCCCC1CCC(C2CCC(CCc3ccc(F)cc3)CC2)CC1. The maximum absolute atomic E-state index is 13.0. The van der Waals surface area contributed by atoms with Gasteiger partial charge in [-0.25, -0.2) is 4.39 Å². The van der Waals surface area contributed by atoms with Gasteiger partial charge in [-0.2, -0.15) is 0 Å². The van der Waals surface area contributed by atoms with Crippen LogP contribution in [0.4, 0.5) is 4.39 Å². The summed E-state index contributed by atoms with van der Waals surface area (Å²) in [4.78, 5) is 0. The molecule has 0 heterocycles. The Kier molecular flexibility index (Phi) is 7.37. The van der Waals surface area contributed by atoms with Gasteiger partial charge in [0.1, 0.15) is 5.82 Å². The normalized spacial score (nSPS) is 30.3. The minimum atomic E-state index is -0.117. The predicted octanol–water partition coefficient (Wildman–Crippen LogP) is 7.56. The summed E-state index contributed by atoms with van der Waals surface area (Å²) in [6.07, 6.45) is 18.6. The van der Waals surface area contributed by atoms with Crippen LogP contribution in [0.2, 0.25) is 0 Å². The Hall–Kier alpha value is -0.850. The van der Waals surface area contributed by atoms with Gasteiger partial charge < -0.3 is 0 Å². The van der Waals surface area contributed by atoms with Gasteiger partial charge in [-0.05, 0) is 79.9 Å². The molecule has 0 bridgehead atoms. The minimum absolute atomic E-state index is 0.117. The van der Waals surface area contributed by atoms with Crippen LogP contribution in [0.3, 0.4) is 0 Å². The fraction of sp³-hybridized carbons (Fsp3) is 0.750. The zero-order chi connectivity index (χ0) is 17.5. The van der Waals surface area contributed by atoms with Crippen LogP contribution >= 0.6 is 0 Å². The topological polar surface area (TPSA) is 0 Å². The highest BCUT2D eigenvalue weighted by atomic mass is 19.1. The van der Waals surface area contributed by atoms with Gasteiger partial charge in [0.2, 0.25) is 0 Å². The zero-order valence-corrected chi connectivity index (χ0v) is 16.2. The molecule has 0 radical (unpaired) electrons. The third kappa shape index (κ3) is 5.83. The average Bonchev–Trinajstić information content (AvgIpc) is 2.67. The molecule has 2 fully saturated rings. The molecular weight excluding hydrogens is 307 g/mol. The van der Waals surface area contributed by atoms with E-state index in [4.69, 9.17) is 0 Å². The van der Waals surface area contributed by atoms with Crippen LogP contribution in [0.25, 0.3) is 0 Å². The fourth-order valence-electron chi connectivity index (χ4n) is 5.41. The van der Waals surface area contributed by atoms with Gasteiger partial charge >= 0.3 is 0 Å². The van der Waals surface area contributed by atoms with E-state index in [2.05, 4.69) is 6.92 Å². The minimum Gasteiger partial charge on any atom is -0.207 e. The van der Waals surface area contributed by atoms with Crippen molar-refractivity contribution < 1.29 is 4.39 Å². The second-order valence-corrected chi connectivity index (χ2v) is 8.87. The first-order chi connectivity index (χ1) is 12.2. The van der Waals surface area contributed by atoms with Crippen LogP contribution in [0.1, 0.15) is 89.5 Å². The molecule has 0 atom stereocenters. The first-order valence-electron chi connectivity index (χ1n) is 11.0. The Morgan fingerprint density at radius 3 is 1.80 bits per heavy atom. The van der Waals surface area contributed by atoms with Crippen molar-refractivity contribution in [3.63, 3.8) is 0 Å². The molecule has 2 aliphatic rings. The van der Waals surface area contributed by atoms with E-state index in [1.807, 2.05) is 12.1 Å². The summed E-state index contributed by atoms with van der Waals surface area (Å²) >= 11 is 0. The second kappa shape index (κ2) is 9.74. The Bertz CT molecular complexity index is 475. The molecule has 140 valence electrons. The van der Waals surface area contributed by atoms with Gasteiger partial charge in [0.05, 0.1) is 0 Å². The molecule has 0 aromatic heterocycles. The highest BCUT2D eigenvalue weighted by molar-refractivity contribution is 5.16. The van der Waals surface area contributed by atoms with E-state index in [1.54, 1.807) is 12.1 Å². The number of benzene rings is 1. The monoisotopic (exact) mass is 344 g/mol. The lowest BCUT2D eigenvalue weighted by Crippen LogP contribution is -2.26. The van der Waals surface area contributed by atoms with Gasteiger partial charge in [0, 0.05) is 0 Å². The van der Waals surface area contributed by atoms with Crippen molar-refractivity contribution in [2.45, 2.75) is 90.4 Å². The maximum atomic E-state index is 13.0. The van der Waals surface area contributed by atoms with Crippen LogP contribution < -0.4 is 0 Å². The summed E-state index contributed by atoms with van der Waals surface area (Å²) in [6.45, 7) is 2.32. The highest BCUT2D eigenvalue weighted by Gasteiger charge is 2.30. The first kappa shape index (κ1) is 18.9. The molecule has 1 aromatic carbocycles. The lowest BCUT2D eigenvalue weighted by Gasteiger charge is -2.38. The van der Waals surface area contributed by atoms with E-state index in [9.17, 15) is 4.39 Å². The Morgan fingerprint density at radius 2 is 1.28 bits per heavy atom. The Morgan fingerprint density at radius 1 is 0.760 bits per heavy atom. The largest absolute Gasteiger partial charge is 0.207 e. The number of rotatable bonds is 7. The van der Waals surface area contributed by atoms with E-state index in [0.717, 1.165) is 30.1 Å². The van der Waals surface area contributed by atoms with Crippen molar-refractivity contribution >= 4 is 0 Å². The summed E-state index contributed by atoms with van der Waals surface area (Å²) in [5.41, 5.74) is 1.30. The summed E-state index contributed by atoms with van der Waals surface area (Å²) < 4.78 is 13.0. The second-order valence-electron chi connectivity index (χ2n) is 8.87. The van der Waals surface area contributed by atoms with E-state index in [0.29, 0.717) is 0 Å². The summed E-state index contributed by atoms with van der Waals surface area (Å²) in [7, 11) is 0. The van der Waals surface area contributed by atoms with Crippen molar-refractivity contribution in [3.8, 4) is 0 Å². The van der Waals surface area contributed by atoms with Crippen LogP contribution in [0.15, 0.2) is 24.3 Å². The van der Waals surface area contributed by atoms with Gasteiger partial charge in [0.15, 0.2) is 0 Å². The molecule has 3 rings (SSSR count).